The molecule has 2 amide bonds. The Labute approximate surface area is 261 Å². The number of carbonyl (C=O) groups excluding carboxylic acids is 4. The number of imide groups is 1. The van der Waals surface area contributed by atoms with E-state index in [0.717, 1.165) is 19.3 Å². The van der Waals surface area contributed by atoms with Crippen LogP contribution in [0.15, 0.2) is 72.8 Å². The molecule has 2 heterocycles. The molecule has 3 aromatic carbocycles. The predicted octanol–water partition coefficient (Wildman–Crippen LogP) is 7.61. The van der Waals surface area contributed by atoms with E-state index in [-0.39, 0.29) is 35.0 Å². The molecule has 44 heavy (non-hydrogen) atoms. The molecule has 0 bridgehead atoms. The topological polar surface area (TPSA) is 93.6 Å². The number of carbonyl (C=O) groups is 4. The van der Waals surface area contributed by atoms with Crippen molar-refractivity contribution in [2.45, 2.75) is 52.6 Å². The van der Waals surface area contributed by atoms with Crippen molar-refractivity contribution in [3.05, 3.63) is 94.5 Å². The second kappa shape index (κ2) is 12.0. The SMILES string of the molecule is CCC(OC(=O)c1cc(-c2ccc(N3C(=O)C4CCC(C)CC4C3=O)cc2)nc2c(C)c(Cl)ccc12)C(=O)c1ccccc1. The molecule has 0 N–H and O–H groups in total. The maximum absolute atomic E-state index is 13.7. The summed E-state index contributed by atoms with van der Waals surface area (Å²) >= 11 is 6.45. The quantitative estimate of drug-likeness (QED) is 0.122. The van der Waals surface area contributed by atoms with E-state index in [1.54, 1.807) is 73.7 Å². The standard InChI is InChI=1S/C36H33ClN2O5/c1-4-31(33(40)23-8-6-5-7-9-23)44-36(43)28-19-30(38-32-21(3)29(37)17-16-25(28)32)22-11-13-24(14-12-22)39-34(41)26-15-10-20(2)18-27(26)35(39)42/h5-9,11-14,16-17,19-20,26-27,31H,4,10,15,18H2,1-3H3. The Morgan fingerprint density at radius 2 is 1.68 bits per heavy atom. The number of benzene rings is 3. The van der Waals surface area contributed by atoms with Gasteiger partial charge in [0.1, 0.15) is 0 Å². The summed E-state index contributed by atoms with van der Waals surface area (Å²) in [6.07, 6.45) is 1.79. The van der Waals surface area contributed by atoms with Gasteiger partial charge in [-0.15, -0.1) is 0 Å². The summed E-state index contributed by atoms with van der Waals surface area (Å²) in [5.74, 6) is -1.24. The van der Waals surface area contributed by atoms with E-state index in [9.17, 15) is 19.2 Å². The van der Waals surface area contributed by atoms with Gasteiger partial charge >= 0.3 is 5.97 Å². The molecule has 2 fully saturated rings. The Hall–Kier alpha value is -4.36. The molecule has 1 aliphatic carbocycles. The van der Waals surface area contributed by atoms with E-state index < -0.39 is 12.1 Å². The first-order valence-electron chi connectivity index (χ1n) is 15.1. The van der Waals surface area contributed by atoms with Crippen LogP contribution in [0.5, 0.6) is 0 Å². The summed E-state index contributed by atoms with van der Waals surface area (Å²) < 4.78 is 5.80. The van der Waals surface area contributed by atoms with Gasteiger partial charge in [0, 0.05) is 21.5 Å². The Balaban J connectivity index is 1.34. The van der Waals surface area contributed by atoms with Crippen LogP contribution in [0, 0.1) is 24.7 Å². The smallest absolute Gasteiger partial charge is 0.339 e. The van der Waals surface area contributed by atoms with Crippen molar-refractivity contribution in [1.29, 1.82) is 0 Å². The number of hydrogen-bond donors (Lipinski definition) is 0. The molecular formula is C36H33ClN2O5. The number of ether oxygens (including phenoxy) is 1. The average molecular weight is 609 g/mol. The van der Waals surface area contributed by atoms with Crippen molar-refractivity contribution < 1.29 is 23.9 Å². The number of pyridine rings is 1. The number of halogens is 1. The van der Waals surface area contributed by atoms with Gasteiger partial charge in [-0.05, 0) is 68.4 Å². The number of hydrogen-bond acceptors (Lipinski definition) is 6. The minimum Gasteiger partial charge on any atom is -0.450 e. The lowest BCUT2D eigenvalue weighted by Gasteiger charge is -2.25. The van der Waals surface area contributed by atoms with Gasteiger partial charge in [0.25, 0.3) is 0 Å². The van der Waals surface area contributed by atoms with Gasteiger partial charge in [0.15, 0.2) is 6.10 Å². The number of fused-ring (bicyclic) bond motifs is 2. The van der Waals surface area contributed by atoms with Gasteiger partial charge in [0.2, 0.25) is 17.6 Å². The minimum absolute atomic E-state index is 0.130. The van der Waals surface area contributed by atoms with Crippen LogP contribution in [0.2, 0.25) is 5.02 Å². The molecule has 1 aromatic heterocycles. The Morgan fingerprint density at radius 1 is 0.977 bits per heavy atom. The Kier molecular flexibility index (Phi) is 8.08. The number of aromatic nitrogens is 1. The molecule has 4 unspecified atom stereocenters. The van der Waals surface area contributed by atoms with Crippen LogP contribution in [-0.2, 0) is 14.3 Å². The zero-order valence-corrected chi connectivity index (χ0v) is 25.6. The first-order valence-corrected chi connectivity index (χ1v) is 15.4. The Bertz CT molecular complexity index is 1790. The summed E-state index contributed by atoms with van der Waals surface area (Å²) in [5, 5.41) is 1.06. The van der Waals surface area contributed by atoms with Gasteiger partial charge in [-0.3, -0.25) is 19.3 Å². The molecule has 8 heteroatoms. The summed E-state index contributed by atoms with van der Waals surface area (Å²) in [6.45, 7) is 5.76. The lowest BCUT2D eigenvalue weighted by molar-refractivity contribution is -0.122. The monoisotopic (exact) mass is 608 g/mol. The Morgan fingerprint density at radius 3 is 2.39 bits per heavy atom. The number of amides is 2. The largest absolute Gasteiger partial charge is 0.450 e. The third-order valence-corrected chi connectivity index (χ3v) is 9.38. The fraction of sp³-hybridized carbons (Fsp3) is 0.306. The first kappa shape index (κ1) is 29.7. The lowest BCUT2D eigenvalue weighted by Crippen LogP contribution is -2.30. The molecule has 6 rings (SSSR count). The van der Waals surface area contributed by atoms with Crippen molar-refractivity contribution in [1.82, 2.24) is 4.98 Å². The lowest BCUT2D eigenvalue weighted by atomic mass is 9.76. The minimum atomic E-state index is -0.952. The molecule has 0 spiro atoms. The molecule has 1 saturated carbocycles. The number of Topliss-reactive ketones (excluding diaryl/α,β-unsaturated/α-hetero) is 1. The molecule has 224 valence electrons. The van der Waals surface area contributed by atoms with Gasteiger partial charge < -0.3 is 4.74 Å². The van der Waals surface area contributed by atoms with E-state index in [4.69, 9.17) is 21.3 Å². The second-order valence-corrected chi connectivity index (χ2v) is 12.3. The highest BCUT2D eigenvalue weighted by molar-refractivity contribution is 6.32. The molecule has 4 atom stereocenters. The van der Waals surface area contributed by atoms with Crippen LogP contribution >= 0.6 is 11.6 Å². The van der Waals surface area contributed by atoms with Gasteiger partial charge in [-0.1, -0.05) is 74.0 Å². The zero-order chi connectivity index (χ0) is 31.1. The van der Waals surface area contributed by atoms with Crippen molar-refractivity contribution in [3.63, 3.8) is 0 Å². The van der Waals surface area contributed by atoms with Crippen molar-refractivity contribution in [2.24, 2.45) is 17.8 Å². The fourth-order valence-corrected chi connectivity index (χ4v) is 6.60. The van der Waals surface area contributed by atoms with Crippen molar-refractivity contribution >= 4 is 51.8 Å². The molecule has 4 aromatic rings. The van der Waals surface area contributed by atoms with Crippen molar-refractivity contribution in [2.75, 3.05) is 4.90 Å². The molecule has 1 saturated heterocycles. The number of rotatable bonds is 7. The zero-order valence-electron chi connectivity index (χ0n) is 24.9. The van der Waals surface area contributed by atoms with Gasteiger partial charge in [0.05, 0.1) is 34.3 Å². The van der Waals surface area contributed by atoms with Crippen LogP contribution in [0.1, 0.15) is 65.8 Å². The van der Waals surface area contributed by atoms with Gasteiger partial charge in [-0.25, -0.2) is 9.78 Å². The van der Waals surface area contributed by atoms with E-state index in [0.29, 0.717) is 56.3 Å². The number of esters is 1. The van der Waals surface area contributed by atoms with Crippen LogP contribution in [0.3, 0.4) is 0 Å². The highest BCUT2D eigenvalue weighted by atomic mass is 35.5. The van der Waals surface area contributed by atoms with Crippen LogP contribution < -0.4 is 4.90 Å². The van der Waals surface area contributed by atoms with Gasteiger partial charge in [-0.2, -0.15) is 0 Å². The van der Waals surface area contributed by atoms with Crippen LogP contribution in [0.4, 0.5) is 5.69 Å². The third-order valence-electron chi connectivity index (χ3n) is 8.97. The molecule has 7 nitrogen and oxygen atoms in total. The number of nitrogens with zero attached hydrogens (tertiary/aromatic N) is 2. The highest BCUT2D eigenvalue weighted by Crippen LogP contribution is 2.42. The fourth-order valence-electron chi connectivity index (χ4n) is 6.45. The van der Waals surface area contributed by atoms with E-state index in [2.05, 4.69) is 6.92 Å². The van der Waals surface area contributed by atoms with Crippen LogP contribution in [-0.4, -0.2) is 34.7 Å². The average Bonchev–Trinajstić information content (AvgIpc) is 3.29. The van der Waals surface area contributed by atoms with E-state index in [1.165, 1.54) is 4.90 Å². The molecule has 0 radical (unpaired) electrons. The third kappa shape index (κ3) is 5.30. The van der Waals surface area contributed by atoms with Crippen LogP contribution in [0.25, 0.3) is 22.2 Å². The first-order chi connectivity index (χ1) is 21.2. The highest BCUT2D eigenvalue weighted by Gasteiger charge is 2.49. The predicted molar refractivity (Wildman–Crippen MR) is 170 cm³/mol. The number of aryl methyl sites for hydroxylation is 1. The second-order valence-electron chi connectivity index (χ2n) is 11.8. The number of anilines is 1. The maximum Gasteiger partial charge on any atom is 0.339 e. The normalized spacial score (nSPS) is 20.5. The summed E-state index contributed by atoms with van der Waals surface area (Å²) in [5.41, 5.74) is 3.67. The molecular weight excluding hydrogens is 576 g/mol. The van der Waals surface area contributed by atoms with E-state index in [1.807, 2.05) is 13.0 Å². The molecule has 2 aliphatic rings. The summed E-state index contributed by atoms with van der Waals surface area (Å²) in [6, 6.07) is 20.9. The van der Waals surface area contributed by atoms with E-state index >= 15 is 0 Å². The maximum atomic E-state index is 13.7. The molecule has 1 aliphatic heterocycles. The van der Waals surface area contributed by atoms with Crippen molar-refractivity contribution in [3.8, 4) is 11.3 Å². The number of ketones is 1. The summed E-state index contributed by atoms with van der Waals surface area (Å²) in [4.78, 5) is 59.4. The summed E-state index contributed by atoms with van der Waals surface area (Å²) in [7, 11) is 0.